The fourth-order valence-corrected chi connectivity index (χ4v) is 7.30. The van der Waals surface area contributed by atoms with Crippen LogP contribution in [-0.4, -0.2) is 109 Å². The zero-order valence-electron chi connectivity index (χ0n) is 35.4. The first-order valence-electron chi connectivity index (χ1n) is 20.0. The minimum absolute atomic E-state index is 0. The number of hydrogen-bond donors (Lipinski definition) is 2. The van der Waals surface area contributed by atoms with Crippen molar-refractivity contribution in [2.45, 2.75) is 66.5 Å². The molecular weight excluding hydrogens is 891 g/mol. The van der Waals surface area contributed by atoms with Crippen molar-refractivity contribution in [2.75, 3.05) is 39.1 Å². The smallest absolute Gasteiger partial charge is 0.322 e. The van der Waals surface area contributed by atoms with Crippen LogP contribution in [0.25, 0.3) is 0 Å². The van der Waals surface area contributed by atoms with Gasteiger partial charge >= 0.3 is 11.9 Å². The van der Waals surface area contributed by atoms with Gasteiger partial charge in [0.15, 0.2) is 46.3 Å². The molecule has 0 aliphatic heterocycles. The van der Waals surface area contributed by atoms with Crippen LogP contribution in [0.4, 0.5) is 0 Å². The molecule has 0 radical (unpaired) electrons. The van der Waals surface area contributed by atoms with Crippen LogP contribution in [0.3, 0.4) is 0 Å². The Morgan fingerprint density at radius 1 is 0.439 bits per heavy atom. The number of hydrogen-bond acceptors (Lipinski definition) is 14. The summed E-state index contributed by atoms with van der Waals surface area (Å²) in [5, 5.41) is 5.58. The van der Waals surface area contributed by atoms with Gasteiger partial charge in [-0.05, 0) is 60.4 Å². The molecule has 66 heavy (non-hydrogen) atoms. The number of nitrogens with one attached hydrogen (secondary N) is 2. The van der Waals surface area contributed by atoms with E-state index in [0.717, 1.165) is 0 Å². The molecule has 4 aromatic carbocycles. The lowest BCUT2D eigenvalue weighted by molar-refractivity contribution is -0.143. The summed E-state index contributed by atoms with van der Waals surface area (Å²) in [5.41, 5.74) is 4.43. The fraction of sp³-hybridized carbons (Fsp3) is 0.320. The number of esters is 2. The number of carbonyl (C=O) groups excluding carboxylic acids is 10. The SMILES string of the molecule is C.C.COC(=O)[C@H](C)NCC(=O)Cc1ccc2c(c1)C(=O)c1cc(CC(=O)CN[C@H](C)C(=O)OC)ccc1C2=O.O=C(CCl)Cc1ccc2c(c1)C(=O)c1cc(CC(=O)CCl)ccc1C2=O. The maximum atomic E-state index is 13.3. The minimum atomic E-state index is -0.642. The normalized spacial score (nSPS) is 12.8. The van der Waals surface area contributed by atoms with E-state index in [1.807, 2.05) is 0 Å². The van der Waals surface area contributed by atoms with E-state index in [2.05, 4.69) is 20.1 Å². The number of rotatable bonds is 18. The Morgan fingerprint density at radius 3 is 0.924 bits per heavy atom. The van der Waals surface area contributed by atoms with Gasteiger partial charge < -0.3 is 9.47 Å². The molecule has 2 N–H and O–H groups in total. The van der Waals surface area contributed by atoms with E-state index in [1.54, 1.807) is 62.4 Å². The average Bonchev–Trinajstić information content (AvgIpc) is 3.30. The molecule has 16 heteroatoms. The van der Waals surface area contributed by atoms with E-state index in [1.165, 1.54) is 38.5 Å². The van der Waals surface area contributed by atoms with Gasteiger partial charge in [-0.15, -0.1) is 23.2 Å². The summed E-state index contributed by atoms with van der Waals surface area (Å²) in [6.45, 7) is 3.04. The quantitative estimate of drug-likeness (QED) is 0.0814. The molecular formula is C50H52Cl2N2O12. The maximum Gasteiger partial charge on any atom is 0.322 e. The molecule has 0 fully saturated rings. The number of Topliss-reactive ketones (excluding diaryl/α,β-unsaturated/α-hetero) is 4. The Labute approximate surface area is 393 Å². The van der Waals surface area contributed by atoms with Crippen molar-refractivity contribution < 1.29 is 57.4 Å². The number of fused-ring (bicyclic) bond motifs is 4. The molecule has 0 bridgehead atoms. The van der Waals surface area contributed by atoms with Gasteiger partial charge in [0.1, 0.15) is 12.1 Å². The van der Waals surface area contributed by atoms with Crippen LogP contribution in [0.5, 0.6) is 0 Å². The third-order valence-corrected chi connectivity index (χ3v) is 11.1. The summed E-state index contributed by atoms with van der Waals surface area (Å²) >= 11 is 11.1. The molecule has 0 aromatic heterocycles. The first-order valence-corrected chi connectivity index (χ1v) is 21.1. The summed E-state index contributed by atoms with van der Waals surface area (Å²) < 4.78 is 9.24. The summed E-state index contributed by atoms with van der Waals surface area (Å²) in [6.07, 6.45) is 0.229. The van der Waals surface area contributed by atoms with Gasteiger partial charge in [-0.1, -0.05) is 63.4 Å². The van der Waals surface area contributed by atoms with Crippen LogP contribution in [-0.2, 0) is 63.9 Å². The number of carbonyl (C=O) groups is 10. The van der Waals surface area contributed by atoms with Crippen LogP contribution in [0.2, 0.25) is 0 Å². The Kier molecular flexibility index (Phi) is 19.9. The predicted molar refractivity (Wildman–Crippen MR) is 248 cm³/mol. The molecule has 0 heterocycles. The van der Waals surface area contributed by atoms with Crippen LogP contribution < -0.4 is 10.6 Å². The van der Waals surface area contributed by atoms with E-state index in [0.29, 0.717) is 33.4 Å². The van der Waals surface area contributed by atoms with Crippen LogP contribution >= 0.6 is 23.2 Å². The number of alkyl halides is 2. The molecule has 0 unspecified atom stereocenters. The van der Waals surface area contributed by atoms with Gasteiger partial charge in [-0.2, -0.15) is 0 Å². The first kappa shape index (κ1) is 54.0. The molecule has 0 saturated heterocycles. The average molecular weight is 944 g/mol. The Morgan fingerprint density at radius 2 is 0.682 bits per heavy atom. The van der Waals surface area contributed by atoms with Crippen LogP contribution in [0, 0.1) is 0 Å². The molecule has 348 valence electrons. The highest BCUT2D eigenvalue weighted by atomic mass is 35.5. The van der Waals surface area contributed by atoms with Gasteiger partial charge in [0.05, 0.1) is 39.1 Å². The fourth-order valence-electron chi connectivity index (χ4n) is 7.11. The molecule has 4 aromatic rings. The van der Waals surface area contributed by atoms with Crippen molar-refractivity contribution in [2.24, 2.45) is 0 Å². The summed E-state index contributed by atoms with van der Waals surface area (Å²) in [4.78, 5) is 123. The highest BCUT2D eigenvalue weighted by Crippen LogP contribution is 2.31. The number of ether oxygens (including phenoxy) is 2. The van der Waals surface area contributed by atoms with E-state index in [-0.39, 0.29) is 145 Å². The minimum Gasteiger partial charge on any atom is -0.468 e. The zero-order valence-corrected chi connectivity index (χ0v) is 36.9. The van der Waals surface area contributed by atoms with Crippen molar-refractivity contribution in [1.82, 2.24) is 10.6 Å². The van der Waals surface area contributed by atoms with Gasteiger partial charge in [0, 0.05) is 70.2 Å². The van der Waals surface area contributed by atoms with Gasteiger partial charge in [-0.3, -0.25) is 58.6 Å². The summed E-state index contributed by atoms with van der Waals surface area (Å²) in [7, 11) is 2.52. The van der Waals surface area contributed by atoms with Crippen LogP contribution in [0.1, 0.15) is 115 Å². The van der Waals surface area contributed by atoms with E-state index < -0.39 is 24.0 Å². The second-order valence-electron chi connectivity index (χ2n) is 15.2. The molecule has 6 rings (SSSR count). The third kappa shape index (κ3) is 12.9. The summed E-state index contributed by atoms with van der Waals surface area (Å²) in [6, 6.07) is 17.7. The highest BCUT2D eigenvalue weighted by Gasteiger charge is 2.32. The number of halogens is 2. The van der Waals surface area contributed by atoms with Crippen molar-refractivity contribution in [3.63, 3.8) is 0 Å². The zero-order chi connectivity index (χ0) is 46.8. The standard InChI is InChI=1S/C28H30N2O8.C20H14Cl2O4.2CH4/c1-15(27(35)37-3)29-13-19(31)9-17-5-7-21-23(11-17)26(34)24-12-18(6-8-22(24)25(21)33)10-20(32)14-30-16(2)28(36)38-4;21-9-13(23)5-11-1-3-15-17(7-11)20(26)18-8-12(6-14(24)10-22)2-4-16(18)19(15)25;;/h5-8,11-12,15-16,29-30H,9-10,13-14H2,1-4H3;1-4,7-8H,5-6,9-10H2;2*1H4/t15-,16+;;;. The predicted octanol–water partition coefficient (Wildman–Crippen LogP) is 5.42. The molecule has 2 aliphatic rings. The largest absolute Gasteiger partial charge is 0.468 e. The Balaban J connectivity index is 0.000000362. The van der Waals surface area contributed by atoms with Crippen LogP contribution in [0.15, 0.2) is 72.8 Å². The number of methoxy groups -OCH3 is 2. The van der Waals surface area contributed by atoms with E-state index in [9.17, 15) is 47.9 Å². The van der Waals surface area contributed by atoms with Gasteiger partial charge in [-0.25, -0.2) is 0 Å². The second-order valence-corrected chi connectivity index (χ2v) is 15.8. The topological polar surface area (TPSA) is 213 Å². The van der Waals surface area contributed by atoms with Gasteiger partial charge in [0.2, 0.25) is 0 Å². The Bertz CT molecular complexity index is 2430. The Hall–Kier alpha value is -6.32. The molecule has 0 spiro atoms. The first-order chi connectivity index (χ1) is 30.5. The lowest BCUT2D eigenvalue weighted by Crippen LogP contribution is -2.38. The second kappa shape index (κ2) is 24.3. The monoisotopic (exact) mass is 942 g/mol. The molecule has 0 amide bonds. The van der Waals surface area contributed by atoms with Crippen molar-refractivity contribution in [3.05, 3.63) is 140 Å². The van der Waals surface area contributed by atoms with Crippen molar-refractivity contribution in [1.29, 1.82) is 0 Å². The number of ketones is 8. The van der Waals surface area contributed by atoms with E-state index >= 15 is 0 Å². The lowest BCUT2D eigenvalue weighted by atomic mass is 9.82. The van der Waals surface area contributed by atoms with Gasteiger partial charge in [0.25, 0.3) is 0 Å². The molecule has 14 nitrogen and oxygen atoms in total. The molecule has 0 saturated carbocycles. The third-order valence-electron chi connectivity index (χ3n) is 10.5. The number of benzene rings is 4. The van der Waals surface area contributed by atoms with E-state index in [4.69, 9.17) is 23.2 Å². The van der Waals surface area contributed by atoms with Crippen molar-refractivity contribution >= 4 is 81.4 Å². The molecule has 2 aliphatic carbocycles. The maximum absolute atomic E-state index is 13.3. The van der Waals surface area contributed by atoms with Crippen molar-refractivity contribution in [3.8, 4) is 0 Å². The summed E-state index contributed by atoms with van der Waals surface area (Å²) in [5.74, 6) is -3.14. The highest BCUT2D eigenvalue weighted by molar-refractivity contribution is 6.30. The lowest BCUT2D eigenvalue weighted by Gasteiger charge is -2.19. The molecule has 2 atom stereocenters.